The van der Waals surface area contributed by atoms with Gasteiger partial charge in [0.2, 0.25) is 0 Å². The first-order valence-electron chi connectivity index (χ1n) is 9.24. The zero-order valence-corrected chi connectivity index (χ0v) is 14.8. The highest BCUT2D eigenvalue weighted by Crippen LogP contribution is 2.32. The van der Waals surface area contributed by atoms with Crippen LogP contribution in [0.1, 0.15) is 24.2 Å². The Kier molecular flexibility index (Phi) is 3.88. The van der Waals surface area contributed by atoms with E-state index in [1.807, 2.05) is 17.0 Å². The molecule has 3 aromatic rings. The summed E-state index contributed by atoms with van der Waals surface area (Å²) < 4.78 is 30.1. The molecule has 1 aliphatic heterocycles. The number of rotatable bonds is 5. The van der Waals surface area contributed by atoms with Gasteiger partial charge in [0.1, 0.15) is 28.8 Å². The van der Waals surface area contributed by atoms with E-state index in [-0.39, 0.29) is 5.56 Å². The van der Waals surface area contributed by atoms with Crippen LogP contribution < -0.4 is 0 Å². The Morgan fingerprint density at radius 2 is 2.04 bits per heavy atom. The second-order valence-corrected chi connectivity index (χ2v) is 7.18. The van der Waals surface area contributed by atoms with Gasteiger partial charge < -0.3 is 9.47 Å². The molecule has 3 heterocycles. The van der Waals surface area contributed by atoms with E-state index in [9.17, 15) is 8.78 Å². The fourth-order valence-electron chi connectivity index (χ4n) is 3.61. The number of pyridine rings is 1. The van der Waals surface area contributed by atoms with Crippen molar-refractivity contribution in [3.63, 3.8) is 0 Å². The summed E-state index contributed by atoms with van der Waals surface area (Å²) in [6.07, 6.45) is 4.25. The normalized spacial score (nSPS) is 17.0. The average molecular weight is 367 g/mol. The molecule has 0 amide bonds. The standard InChI is InChI=1S/C20H19F2N5/c21-14-5-6-16(22)15(10-14)19-24-8-9-26(19)12-18-25-17-2-1-7-23-20(17)27(18)11-13-3-4-13/h1-2,5-7,10,13H,3-4,8-9,11-12H2. The van der Waals surface area contributed by atoms with E-state index < -0.39 is 11.6 Å². The SMILES string of the molecule is Fc1ccc(F)c(C2=NCCN2Cc2nc3cccnc3n2CC2CC2)c1. The van der Waals surface area contributed by atoms with Crippen LogP contribution in [0.4, 0.5) is 8.78 Å². The average Bonchev–Trinajstić information content (AvgIpc) is 3.27. The summed E-state index contributed by atoms with van der Waals surface area (Å²) in [5.41, 5.74) is 1.95. The smallest absolute Gasteiger partial charge is 0.160 e. The number of hydrogen-bond acceptors (Lipinski definition) is 4. The quantitative estimate of drug-likeness (QED) is 0.695. The number of hydrogen-bond donors (Lipinski definition) is 0. The molecule has 2 aliphatic rings. The van der Waals surface area contributed by atoms with Gasteiger partial charge >= 0.3 is 0 Å². The lowest BCUT2D eigenvalue weighted by molar-refractivity contribution is 0.422. The summed E-state index contributed by atoms with van der Waals surface area (Å²) in [7, 11) is 0. The summed E-state index contributed by atoms with van der Waals surface area (Å²) in [5, 5.41) is 0. The van der Waals surface area contributed by atoms with Gasteiger partial charge in [-0.15, -0.1) is 0 Å². The third-order valence-electron chi connectivity index (χ3n) is 5.15. The largest absolute Gasteiger partial charge is 0.347 e. The Bertz CT molecular complexity index is 1040. The molecule has 1 saturated carbocycles. The minimum Gasteiger partial charge on any atom is -0.347 e. The number of fused-ring (bicyclic) bond motifs is 1. The lowest BCUT2D eigenvalue weighted by Gasteiger charge is -2.21. The van der Waals surface area contributed by atoms with Crippen molar-refractivity contribution in [3.8, 4) is 0 Å². The van der Waals surface area contributed by atoms with Gasteiger partial charge in [-0.2, -0.15) is 0 Å². The third kappa shape index (κ3) is 3.07. The molecule has 7 heteroatoms. The second-order valence-electron chi connectivity index (χ2n) is 7.18. The highest BCUT2D eigenvalue weighted by Gasteiger charge is 2.27. The van der Waals surface area contributed by atoms with Crippen LogP contribution in [-0.2, 0) is 13.1 Å². The maximum absolute atomic E-state index is 14.3. The summed E-state index contributed by atoms with van der Waals surface area (Å²) >= 11 is 0. The number of imidazole rings is 1. The van der Waals surface area contributed by atoms with Crippen molar-refractivity contribution in [2.45, 2.75) is 25.9 Å². The summed E-state index contributed by atoms with van der Waals surface area (Å²) in [5.74, 6) is 1.13. The van der Waals surface area contributed by atoms with E-state index in [2.05, 4.69) is 14.5 Å². The van der Waals surface area contributed by atoms with Crippen molar-refractivity contribution in [1.29, 1.82) is 0 Å². The van der Waals surface area contributed by atoms with E-state index in [1.54, 1.807) is 6.20 Å². The Balaban J connectivity index is 1.49. The van der Waals surface area contributed by atoms with Crippen LogP contribution >= 0.6 is 0 Å². The van der Waals surface area contributed by atoms with E-state index >= 15 is 0 Å². The van der Waals surface area contributed by atoms with Crippen LogP contribution in [0.15, 0.2) is 41.5 Å². The Morgan fingerprint density at radius 3 is 2.89 bits per heavy atom. The number of halogens is 2. The van der Waals surface area contributed by atoms with E-state index in [1.165, 1.54) is 18.9 Å². The summed E-state index contributed by atoms with van der Waals surface area (Å²) in [6, 6.07) is 7.32. The molecule has 5 nitrogen and oxygen atoms in total. The highest BCUT2D eigenvalue weighted by molar-refractivity contribution is 6.00. The number of amidine groups is 1. The Hall–Kier alpha value is -2.83. The fraction of sp³-hybridized carbons (Fsp3) is 0.350. The first-order valence-corrected chi connectivity index (χ1v) is 9.24. The summed E-state index contributed by atoms with van der Waals surface area (Å²) in [6.45, 7) is 2.62. The maximum atomic E-state index is 14.3. The zero-order chi connectivity index (χ0) is 18.4. The first-order chi connectivity index (χ1) is 13.2. The summed E-state index contributed by atoms with van der Waals surface area (Å²) in [4.78, 5) is 15.7. The van der Waals surface area contributed by atoms with Crippen molar-refractivity contribution >= 4 is 17.0 Å². The van der Waals surface area contributed by atoms with Gasteiger partial charge in [0.25, 0.3) is 0 Å². The van der Waals surface area contributed by atoms with Crippen molar-refractivity contribution in [1.82, 2.24) is 19.4 Å². The number of nitrogens with zero attached hydrogens (tertiary/aromatic N) is 5. The van der Waals surface area contributed by atoms with Crippen LogP contribution in [0, 0.1) is 17.6 Å². The van der Waals surface area contributed by atoms with Crippen molar-refractivity contribution in [2.24, 2.45) is 10.9 Å². The predicted octanol–water partition coefficient (Wildman–Crippen LogP) is 3.38. The highest BCUT2D eigenvalue weighted by atomic mass is 19.1. The van der Waals surface area contributed by atoms with Gasteiger partial charge in [-0.1, -0.05) is 0 Å². The lowest BCUT2D eigenvalue weighted by Crippen LogP contribution is -2.30. The van der Waals surface area contributed by atoms with Gasteiger partial charge in [-0.05, 0) is 49.1 Å². The van der Waals surface area contributed by atoms with Crippen molar-refractivity contribution < 1.29 is 8.78 Å². The Labute approximate surface area is 155 Å². The molecular formula is C20H19F2N5. The Morgan fingerprint density at radius 1 is 1.15 bits per heavy atom. The topological polar surface area (TPSA) is 46.3 Å². The van der Waals surface area contributed by atoms with Crippen LogP contribution in [0.2, 0.25) is 0 Å². The van der Waals surface area contributed by atoms with E-state index in [0.29, 0.717) is 31.4 Å². The minimum absolute atomic E-state index is 0.204. The number of benzene rings is 1. The predicted molar refractivity (Wildman–Crippen MR) is 98.4 cm³/mol. The molecule has 5 rings (SSSR count). The molecule has 1 fully saturated rings. The van der Waals surface area contributed by atoms with Gasteiger partial charge in [0.15, 0.2) is 5.65 Å². The van der Waals surface area contributed by atoms with Gasteiger partial charge in [-0.25, -0.2) is 18.7 Å². The molecule has 2 aromatic heterocycles. The maximum Gasteiger partial charge on any atom is 0.160 e. The number of aromatic nitrogens is 3. The van der Waals surface area contributed by atoms with Crippen LogP contribution in [0.5, 0.6) is 0 Å². The molecule has 0 unspecified atom stereocenters. The molecule has 0 bridgehead atoms. The first kappa shape index (κ1) is 16.4. The minimum atomic E-state index is -0.467. The van der Waals surface area contributed by atoms with Crippen LogP contribution in [-0.4, -0.2) is 38.4 Å². The third-order valence-corrected chi connectivity index (χ3v) is 5.15. The van der Waals surface area contributed by atoms with Crippen LogP contribution in [0.3, 0.4) is 0 Å². The molecule has 138 valence electrons. The molecule has 0 N–H and O–H groups in total. The van der Waals surface area contributed by atoms with E-state index in [4.69, 9.17) is 4.98 Å². The van der Waals surface area contributed by atoms with Gasteiger partial charge in [0, 0.05) is 19.3 Å². The molecule has 0 radical (unpaired) electrons. The van der Waals surface area contributed by atoms with Crippen LogP contribution in [0.25, 0.3) is 11.2 Å². The van der Waals surface area contributed by atoms with Crippen molar-refractivity contribution in [3.05, 3.63) is 59.6 Å². The van der Waals surface area contributed by atoms with Gasteiger partial charge in [0.05, 0.1) is 18.7 Å². The molecular weight excluding hydrogens is 348 g/mol. The number of aliphatic imine (C=N–C) groups is 1. The molecule has 0 spiro atoms. The fourth-order valence-corrected chi connectivity index (χ4v) is 3.61. The monoisotopic (exact) mass is 367 g/mol. The van der Waals surface area contributed by atoms with E-state index in [0.717, 1.165) is 35.7 Å². The molecule has 1 aromatic carbocycles. The lowest BCUT2D eigenvalue weighted by atomic mass is 10.1. The molecule has 0 saturated heterocycles. The van der Waals surface area contributed by atoms with Gasteiger partial charge in [-0.3, -0.25) is 4.99 Å². The molecule has 27 heavy (non-hydrogen) atoms. The molecule has 1 aliphatic carbocycles. The molecule has 0 atom stereocenters. The second kappa shape index (κ2) is 6.40. The zero-order valence-electron chi connectivity index (χ0n) is 14.8. The van der Waals surface area contributed by atoms with Crippen molar-refractivity contribution in [2.75, 3.05) is 13.1 Å².